The standard InChI is InChI=1S/C20H20N4O3S/c25-18(22-11-13-3-4-16-17(10-13)27-12-26-16)14-5-8-24(9-6-14)20-23-15-2-1-7-21-19(15)28-20/h1-4,7,10,14H,5-6,8-9,11-12H2,(H,22,25). The number of carbonyl (C=O) groups is 1. The Bertz CT molecular complexity index is 981. The van der Waals surface area contributed by atoms with Crippen molar-refractivity contribution in [2.45, 2.75) is 19.4 Å². The van der Waals surface area contributed by atoms with E-state index in [1.807, 2.05) is 30.3 Å². The van der Waals surface area contributed by atoms with Gasteiger partial charge in [-0.1, -0.05) is 17.4 Å². The number of benzene rings is 1. The number of aromatic nitrogens is 2. The normalized spacial score (nSPS) is 16.5. The highest BCUT2D eigenvalue weighted by Gasteiger charge is 2.26. The zero-order valence-corrected chi connectivity index (χ0v) is 16.1. The van der Waals surface area contributed by atoms with Crippen LogP contribution in [-0.4, -0.2) is 35.8 Å². The number of hydrogen-bond acceptors (Lipinski definition) is 7. The fourth-order valence-electron chi connectivity index (χ4n) is 3.61. The van der Waals surface area contributed by atoms with E-state index in [2.05, 4.69) is 20.2 Å². The van der Waals surface area contributed by atoms with Crippen LogP contribution < -0.4 is 19.7 Å². The molecular formula is C20H20N4O3S. The van der Waals surface area contributed by atoms with Crippen LogP contribution in [0.3, 0.4) is 0 Å². The van der Waals surface area contributed by atoms with Crippen LogP contribution in [0.1, 0.15) is 18.4 Å². The van der Waals surface area contributed by atoms with E-state index in [9.17, 15) is 4.79 Å². The molecule has 2 aromatic heterocycles. The number of rotatable bonds is 4. The van der Waals surface area contributed by atoms with Gasteiger partial charge in [-0.05, 0) is 42.7 Å². The van der Waals surface area contributed by atoms with Gasteiger partial charge in [0, 0.05) is 31.7 Å². The van der Waals surface area contributed by atoms with Crippen molar-refractivity contribution in [3.05, 3.63) is 42.1 Å². The predicted molar refractivity (Wildman–Crippen MR) is 107 cm³/mol. The van der Waals surface area contributed by atoms with Crippen molar-refractivity contribution in [1.29, 1.82) is 0 Å². The highest BCUT2D eigenvalue weighted by atomic mass is 32.1. The second kappa shape index (κ2) is 7.27. The van der Waals surface area contributed by atoms with Crippen molar-refractivity contribution in [2.75, 3.05) is 24.8 Å². The Morgan fingerprint density at radius 2 is 2.07 bits per heavy atom. The molecule has 1 N–H and O–H groups in total. The maximum atomic E-state index is 12.6. The third-order valence-electron chi connectivity index (χ3n) is 5.20. The monoisotopic (exact) mass is 396 g/mol. The maximum Gasteiger partial charge on any atom is 0.231 e. The number of piperidine rings is 1. The molecule has 8 heteroatoms. The molecule has 7 nitrogen and oxygen atoms in total. The predicted octanol–water partition coefficient (Wildman–Crippen LogP) is 2.95. The topological polar surface area (TPSA) is 76.6 Å². The van der Waals surface area contributed by atoms with E-state index >= 15 is 0 Å². The molecule has 1 saturated heterocycles. The van der Waals surface area contributed by atoms with Crippen LogP contribution in [-0.2, 0) is 11.3 Å². The summed E-state index contributed by atoms with van der Waals surface area (Å²) in [5, 5.41) is 4.05. The van der Waals surface area contributed by atoms with Gasteiger partial charge in [0.15, 0.2) is 16.6 Å². The summed E-state index contributed by atoms with van der Waals surface area (Å²) in [7, 11) is 0. The van der Waals surface area contributed by atoms with Crippen molar-refractivity contribution >= 4 is 32.7 Å². The highest BCUT2D eigenvalue weighted by molar-refractivity contribution is 7.21. The molecule has 0 saturated carbocycles. The third-order valence-corrected chi connectivity index (χ3v) is 6.24. The van der Waals surface area contributed by atoms with Gasteiger partial charge in [-0.3, -0.25) is 4.79 Å². The van der Waals surface area contributed by atoms with E-state index in [1.54, 1.807) is 17.5 Å². The zero-order chi connectivity index (χ0) is 18.9. The Morgan fingerprint density at radius 3 is 2.93 bits per heavy atom. The average Bonchev–Trinajstić information content (AvgIpc) is 3.38. The van der Waals surface area contributed by atoms with Gasteiger partial charge in [0.05, 0.1) is 0 Å². The molecule has 0 radical (unpaired) electrons. The summed E-state index contributed by atoms with van der Waals surface area (Å²) >= 11 is 1.61. The van der Waals surface area contributed by atoms with Crippen LogP contribution in [0.15, 0.2) is 36.5 Å². The molecule has 0 unspecified atom stereocenters. The smallest absolute Gasteiger partial charge is 0.231 e. The van der Waals surface area contributed by atoms with Gasteiger partial charge < -0.3 is 19.7 Å². The number of amides is 1. The fraction of sp³-hybridized carbons (Fsp3) is 0.350. The number of ether oxygens (including phenoxy) is 2. The lowest BCUT2D eigenvalue weighted by Gasteiger charge is -2.31. The van der Waals surface area contributed by atoms with Crippen LogP contribution >= 0.6 is 11.3 Å². The van der Waals surface area contributed by atoms with Crippen LogP contribution in [0.25, 0.3) is 10.3 Å². The fourth-order valence-corrected chi connectivity index (χ4v) is 4.57. The first kappa shape index (κ1) is 17.2. The number of pyridine rings is 1. The second-order valence-electron chi connectivity index (χ2n) is 6.99. The second-order valence-corrected chi connectivity index (χ2v) is 7.95. The molecule has 2 aliphatic rings. The lowest BCUT2D eigenvalue weighted by atomic mass is 9.96. The van der Waals surface area contributed by atoms with Gasteiger partial charge >= 0.3 is 0 Å². The summed E-state index contributed by atoms with van der Waals surface area (Å²) < 4.78 is 10.7. The number of nitrogens with one attached hydrogen (secondary N) is 1. The lowest BCUT2D eigenvalue weighted by molar-refractivity contribution is -0.125. The Balaban J connectivity index is 1.15. The van der Waals surface area contributed by atoms with Crippen molar-refractivity contribution in [1.82, 2.24) is 15.3 Å². The summed E-state index contributed by atoms with van der Waals surface area (Å²) in [6.45, 7) is 2.43. The SMILES string of the molecule is O=C(NCc1ccc2c(c1)OCO2)C1CCN(c2nc3cccnc3s2)CC1. The number of thiazole rings is 1. The minimum Gasteiger partial charge on any atom is -0.454 e. The highest BCUT2D eigenvalue weighted by Crippen LogP contribution is 2.33. The summed E-state index contributed by atoms with van der Waals surface area (Å²) in [6, 6.07) is 9.65. The molecule has 3 aromatic rings. The molecule has 144 valence electrons. The molecule has 0 aliphatic carbocycles. The first-order valence-electron chi connectivity index (χ1n) is 9.39. The van der Waals surface area contributed by atoms with Gasteiger partial charge in [0.2, 0.25) is 12.7 Å². The van der Waals surface area contributed by atoms with Gasteiger partial charge in [0.25, 0.3) is 0 Å². The third kappa shape index (κ3) is 3.35. The summed E-state index contributed by atoms with van der Waals surface area (Å²) in [4.78, 5) is 24.8. The number of hydrogen-bond donors (Lipinski definition) is 1. The molecule has 1 fully saturated rings. The number of fused-ring (bicyclic) bond motifs is 2. The van der Waals surface area contributed by atoms with Crippen molar-refractivity contribution in [3.63, 3.8) is 0 Å². The molecule has 1 amide bonds. The molecule has 2 aliphatic heterocycles. The van der Waals surface area contributed by atoms with Crippen molar-refractivity contribution < 1.29 is 14.3 Å². The molecule has 0 atom stereocenters. The van der Waals surface area contributed by atoms with Gasteiger partial charge in [0.1, 0.15) is 10.3 Å². The Hall–Kier alpha value is -2.87. The van der Waals surface area contributed by atoms with Gasteiger partial charge in [-0.25, -0.2) is 9.97 Å². The molecule has 0 spiro atoms. The Morgan fingerprint density at radius 1 is 1.21 bits per heavy atom. The van der Waals surface area contributed by atoms with Gasteiger partial charge in [-0.2, -0.15) is 0 Å². The first-order chi connectivity index (χ1) is 13.8. The quantitative estimate of drug-likeness (QED) is 0.731. The van der Waals surface area contributed by atoms with E-state index in [1.165, 1.54) is 0 Å². The lowest BCUT2D eigenvalue weighted by Crippen LogP contribution is -2.40. The van der Waals surface area contributed by atoms with E-state index in [-0.39, 0.29) is 18.6 Å². The van der Waals surface area contributed by atoms with Crippen LogP contribution in [0, 0.1) is 5.92 Å². The van der Waals surface area contributed by atoms with E-state index in [0.29, 0.717) is 6.54 Å². The zero-order valence-electron chi connectivity index (χ0n) is 15.3. The molecule has 0 bridgehead atoms. The number of carbonyl (C=O) groups excluding carboxylic acids is 1. The average molecular weight is 396 g/mol. The Kier molecular flexibility index (Phi) is 4.48. The van der Waals surface area contributed by atoms with Crippen LogP contribution in [0.5, 0.6) is 11.5 Å². The van der Waals surface area contributed by atoms with E-state index in [4.69, 9.17) is 9.47 Å². The van der Waals surface area contributed by atoms with Crippen molar-refractivity contribution in [2.24, 2.45) is 5.92 Å². The number of anilines is 1. The van der Waals surface area contributed by atoms with E-state index in [0.717, 1.165) is 58.5 Å². The largest absolute Gasteiger partial charge is 0.454 e. The summed E-state index contributed by atoms with van der Waals surface area (Å²) in [5.41, 5.74) is 1.95. The minimum atomic E-state index is 0.0396. The molecule has 4 heterocycles. The molecule has 5 rings (SSSR count). The summed E-state index contributed by atoms with van der Waals surface area (Å²) in [6.07, 6.45) is 3.45. The molecule has 28 heavy (non-hydrogen) atoms. The maximum absolute atomic E-state index is 12.6. The molecule has 1 aromatic carbocycles. The first-order valence-corrected chi connectivity index (χ1v) is 10.2. The molecular weight excluding hydrogens is 376 g/mol. The van der Waals surface area contributed by atoms with Crippen molar-refractivity contribution in [3.8, 4) is 11.5 Å². The van der Waals surface area contributed by atoms with Crippen LogP contribution in [0.2, 0.25) is 0 Å². The summed E-state index contributed by atoms with van der Waals surface area (Å²) in [5.74, 6) is 1.65. The van der Waals surface area contributed by atoms with Gasteiger partial charge in [-0.15, -0.1) is 0 Å². The Labute approximate surface area is 166 Å². The number of nitrogens with zero attached hydrogens (tertiary/aromatic N) is 3. The minimum absolute atomic E-state index is 0.0396. The van der Waals surface area contributed by atoms with Crippen LogP contribution in [0.4, 0.5) is 5.13 Å². The van der Waals surface area contributed by atoms with E-state index < -0.39 is 0 Å².